The van der Waals surface area contributed by atoms with Crippen molar-refractivity contribution in [2.45, 2.75) is 84.3 Å². The number of anilines is 1. The number of ketones is 1. The summed E-state index contributed by atoms with van der Waals surface area (Å²) < 4.78 is 36.0. The molecule has 2 atom stereocenters. The molecule has 0 saturated carbocycles. The van der Waals surface area contributed by atoms with Gasteiger partial charge in [-0.05, 0) is 47.8 Å². The number of esters is 1. The monoisotopic (exact) mass is 531 g/mol. The second-order valence-corrected chi connectivity index (χ2v) is 14.0. The van der Waals surface area contributed by atoms with Gasteiger partial charge in [0.05, 0.1) is 6.33 Å². The highest BCUT2D eigenvalue weighted by atomic mass is 32.2. The Labute approximate surface area is 221 Å². The highest BCUT2D eigenvalue weighted by molar-refractivity contribution is 7.92. The first-order chi connectivity index (χ1) is 17.0. The Kier molecular flexibility index (Phi) is 8.27. The lowest BCUT2D eigenvalue weighted by Gasteiger charge is -2.45. The molecule has 1 aromatic heterocycles. The largest absolute Gasteiger partial charge is 0.458 e. The topological polar surface area (TPSA) is 107 Å². The third kappa shape index (κ3) is 6.80. The first-order valence-electron chi connectivity index (χ1n) is 12.9. The van der Waals surface area contributed by atoms with Crippen molar-refractivity contribution in [1.82, 2.24) is 9.55 Å². The first-order valence-corrected chi connectivity index (χ1v) is 14.4. The van der Waals surface area contributed by atoms with Crippen molar-refractivity contribution in [2.75, 3.05) is 4.72 Å². The van der Waals surface area contributed by atoms with E-state index in [9.17, 15) is 18.0 Å². The Balaban J connectivity index is 1.96. The summed E-state index contributed by atoms with van der Waals surface area (Å²) in [6, 6.07) is 6.89. The number of aryl methyl sites for hydroxylation is 1. The van der Waals surface area contributed by atoms with E-state index >= 15 is 0 Å². The van der Waals surface area contributed by atoms with E-state index in [0.29, 0.717) is 24.1 Å². The number of carbonyl (C=O) groups is 2. The Morgan fingerprint density at radius 3 is 2.24 bits per heavy atom. The molecule has 1 aromatic carbocycles. The Bertz CT molecular complexity index is 1210. The Hall–Kier alpha value is -2.68. The van der Waals surface area contributed by atoms with Crippen LogP contribution in [0, 0.1) is 23.2 Å². The summed E-state index contributed by atoms with van der Waals surface area (Å²) in [4.78, 5) is 31.2. The van der Waals surface area contributed by atoms with Crippen molar-refractivity contribution < 1.29 is 22.7 Å². The molecule has 9 heteroatoms. The van der Waals surface area contributed by atoms with Crippen LogP contribution in [0.5, 0.6) is 0 Å². The summed E-state index contributed by atoms with van der Waals surface area (Å²) in [5.74, 6) is -1.51. The van der Waals surface area contributed by atoms with E-state index in [1.165, 1.54) is 12.5 Å². The van der Waals surface area contributed by atoms with E-state index in [2.05, 4.69) is 37.4 Å². The summed E-state index contributed by atoms with van der Waals surface area (Å²) in [6.07, 6.45) is 4.31. The number of ether oxygens (including phenoxy) is 1. The SMILES string of the molecule is CC(C)CC1(CC(C)C)CC(=O)C(C(c2cccc(NS(=O)(=O)c3cn(C)cn3)c2)C(C)(C)C)C(=O)O1. The molecule has 1 aliphatic heterocycles. The molecule has 0 aliphatic carbocycles. The molecule has 3 rings (SSSR count). The van der Waals surface area contributed by atoms with Gasteiger partial charge in [-0.2, -0.15) is 8.42 Å². The third-order valence-corrected chi connectivity index (χ3v) is 7.96. The molecule has 1 aliphatic rings. The number of carbonyl (C=O) groups excluding carboxylic acids is 2. The fourth-order valence-electron chi connectivity index (χ4n) is 5.72. The van der Waals surface area contributed by atoms with Gasteiger partial charge in [-0.25, -0.2) is 4.98 Å². The van der Waals surface area contributed by atoms with Crippen LogP contribution in [0.2, 0.25) is 0 Å². The van der Waals surface area contributed by atoms with Gasteiger partial charge in [-0.3, -0.25) is 14.3 Å². The maximum atomic E-state index is 13.7. The molecule has 0 spiro atoms. The second kappa shape index (κ2) is 10.6. The number of aromatic nitrogens is 2. The number of hydrogen-bond acceptors (Lipinski definition) is 6. The highest BCUT2D eigenvalue weighted by Crippen LogP contribution is 2.47. The van der Waals surface area contributed by atoms with Crippen LogP contribution < -0.4 is 4.72 Å². The molecule has 1 N–H and O–H groups in total. The van der Waals surface area contributed by atoms with Gasteiger partial charge in [-0.1, -0.05) is 60.6 Å². The van der Waals surface area contributed by atoms with E-state index in [4.69, 9.17) is 4.74 Å². The lowest BCUT2D eigenvalue weighted by Crippen LogP contribution is -2.52. The lowest BCUT2D eigenvalue weighted by atomic mass is 9.65. The highest BCUT2D eigenvalue weighted by Gasteiger charge is 2.52. The average Bonchev–Trinajstić information content (AvgIpc) is 3.15. The predicted octanol–water partition coefficient (Wildman–Crippen LogP) is 5.31. The van der Waals surface area contributed by atoms with E-state index in [1.807, 2.05) is 26.8 Å². The minimum Gasteiger partial charge on any atom is -0.458 e. The van der Waals surface area contributed by atoms with Crippen molar-refractivity contribution in [3.8, 4) is 0 Å². The van der Waals surface area contributed by atoms with Gasteiger partial charge in [-0.15, -0.1) is 0 Å². The summed E-state index contributed by atoms with van der Waals surface area (Å²) in [5.41, 5.74) is -0.226. The third-order valence-electron chi connectivity index (χ3n) is 6.70. The van der Waals surface area contributed by atoms with Gasteiger partial charge >= 0.3 is 5.97 Å². The number of Topliss-reactive ketones (excluding diaryl/α,β-unsaturated/α-hetero) is 1. The molecule has 0 radical (unpaired) electrons. The molecule has 1 saturated heterocycles. The van der Waals surface area contributed by atoms with Gasteiger partial charge in [0.1, 0.15) is 11.5 Å². The number of sulfonamides is 1. The zero-order valence-electron chi connectivity index (χ0n) is 23.2. The van der Waals surface area contributed by atoms with E-state index in [1.54, 1.807) is 29.8 Å². The normalized spacial score (nSPS) is 19.2. The van der Waals surface area contributed by atoms with Crippen LogP contribution >= 0.6 is 0 Å². The van der Waals surface area contributed by atoms with Crippen LogP contribution in [-0.4, -0.2) is 35.3 Å². The number of imidazole rings is 1. The Morgan fingerprint density at radius 2 is 1.76 bits per heavy atom. The molecular formula is C28H41N3O5S. The zero-order chi connectivity index (χ0) is 27.8. The number of cyclic esters (lactones) is 1. The number of hydrogen-bond donors (Lipinski definition) is 1. The van der Waals surface area contributed by atoms with Crippen molar-refractivity contribution in [1.29, 1.82) is 0 Å². The minimum atomic E-state index is -3.90. The molecule has 0 amide bonds. The molecule has 37 heavy (non-hydrogen) atoms. The van der Waals surface area contributed by atoms with Crippen molar-refractivity contribution in [3.63, 3.8) is 0 Å². The molecule has 1 fully saturated rings. The minimum absolute atomic E-state index is 0.0922. The summed E-state index contributed by atoms with van der Waals surface area (Å²) in [5, 5.41) is -0.0922. The van der Waals surface area contributed by atoms with Crippen molar-refractivity contribution >= 4 is 27.5 Å². The van der Waals surface area contributed by atoms with E-state index < -0.39 is 38.8 Å². The van der Waals surface area contributed by atoms with Crippen LogP contribution in [0.4, 0.5) is 5.69 Å². The van der Waals surface area contributed by atoms with Gasteiger partial charge in [0.25, 0.3) is 10.0 Å². The summed E-state index contributed by atoms with van der Waals surface area (Å²) >= 11 is 0. The smallest absolute Gasteiger partial charge is 0.317 e. The van der Waals surface area contributed by atoms with E-state index in [0.717, 1.165) is 0 Å². The predicted molar refractivity (Wildman–Crippen MR) is 144 cm³/mol. The van der Waals surface area contributed by atoms with Crippen LogP contribution in [-0.2, 0) is 31.4 Å². The standard InChI is InChI=1S/C28H41N3O5S/c1-18(2)13-28(14-19(3)4)15-22(32)24(26(33)36-28)25(27(5,6)7)20-10-9-11-21(12-20)30-37(34,35)23-16-31(8)17-29-23/h9-12,16-19,24-25,30H,13-15H2,1-8H3. The summed E-state index contributed by atoms with van der Waals surface area (Å²) in [6.45, 7) is 14.2. The molecule has 8 nitrogen and oxygen atoms in total. The van der Waals surface area contributed by atoms with Gasteiger partial charge in [0.15, 0.2) is 10.8 Å². The molecule has 2 unspecified atom stereocenters. The lowest BCUT2D eigenvalue weighted by molar-refractivity contribution is -0.184. The molecule has 2 heterocycles. The fourth-order valence-corrected chi connectivity index (χ4v) is 6.75. The maximum absolute atomic E-state index is 13.7. The number of benzene rings is 1. The molecule has 0 bridgehead atoms. The Morgan fingerprint density at radius 1 is 1.14 bits per heavy atom. The fraction of sp³-hybridized carbons (Fsp3) is 0.607. The number of nitrogens with zero attached hydrogens (tertiary/aromatic N) is 2. The van der Waals surface area contributed by atoms with Gasteiger partial charge < -0.3 is 9.30 Å². The van der Waals surface area contributed by atoms with Gasteiger partial charge in [0.2, 0.25) is 0 Å². The maximum Gasteiger partial charge on any atom is 0.317 e. The quantitative estimate of drug-likeness (QED) is 0.347. The van der Waals surface area contributed by atoms with Crippen molar-refractivity contribution in [2.24, 2.45) is 30.2 Å². The average molecular weight is 532 g/mol. The van der Waals surface area contributed by atoms with Crippen LogP contribution in [0.3, 0.4) is 0 Å². The molecular weight excluding hydrogens is 490 g/mol. The number of rotatable bonds is 9. The summed E-state index contributed by atoms with van der Waals surface area (Å²) in [7, 11) is -2.20. The van der Waals surface area contributed by atoms with E-state index in [-0.39, 0.29) is 29.1 Å². The zero-order valence-corrected chi connectivity index (χ0v) is 24.1. The molecule has 2 aromatic rings. The van der Waals surface area contributed by atoms with Crippen molar-refractivity contribution in [3.05, 3.63) is 42.4 Å². The molecule has 204 valence electrons. The van der Waals surface area contributed by atoms with Crippen LogP contribution in [0.1, 0.15) is 79.2 Å². The second-order valence-electron chi connectivity index (χ2n) is 12.4. The van der Waals surface area contributed by atoms with Gasteiger partial charge in [0, 0.05) is 31.3 Å². The van der Waals surface area contributed by atoms with Crippen LogP contribution in [0.15, 0.2) is 41.8 Å². The number of nitrogens with one attached hydrogen (secondary N) is 1. The first kappa shape index (κ1) is 28.9. The van der Waals surface area contributed by atoms with Crippen LogP contribution in [0.25, 0.3) is 0 Å².